The lowest BCUT2D eigenvalue weighted by Crippen LogP contribution is -2.23. The lowest BCUT2D eigenvalue weighted by atomic mass is 10.0. The summed E-state index contributed by atoms with van der Waals surface area (Å²) in [5.74, 6) is 0. The first-order chi connectivity index (χ1) is 8.58. The van der Waals surface area contributed by atoms with Crippen molar-refractivity contribution in [2.45, 2.75) is 50.2 Å². The Balaban J connectivity index is 2.58. The van der Waals surface area contributed by atoms with Crippen LogP contribution >= 0.6 is 11.8 Å². The van der Waals surface area contributed by atoms with Crippen LogP contribution in [0.5, 0.6) is 0 Å². The first-order valence-electron chi connectivity index (χ1n) is 6.69. The maximum atomic E-state index is 8.92. The molecule has 3 unspecified atom stereocenters. The summed E-state index contributed by atoms with van der Waals surface area (Å²) in [6.45, 7) is 6.71. The van der Waals surface area contributed by atoms with Gasteiger partial charge in [0, 0.05) is 23.1 Å². The van der Waals surface area contributed by atoms with Crippen molar-refractivity contribution in [2.24, 2.45) is 5.73 Å². The van der Waals surface area contributed by atoms with Gasteiger partial charge in [0.25, 0.3) is 0 Å². The van der Waals surface area contributed by atoms with Gasteiger partial charge in [-0.2, -0.15) is 11.8 Å². The molecule has 102 valence electrons. The molecule has 0 radical (unpaired) electrons. The fourth-order valence-electron chi connectivity index (χ4n) is 1.95. The molecule has 1 aromatic carbocycles. The summed E-state index contributed by atoms with van der Waals surface area (Å²) in [4.78, 5) is 0. The zero-order valence-electron chi connectivity index (χ0n) is 11.6. The second-order valence-corrected chi connectivity index (χ2v) is 6.61. The quantitative estimate of drug-likeness (QED) is 0.798. The summed E-state index contributed by atoms with van der Waals surface area (Å²) in [7, 11) is 0. The van der Waals surface area contributed by atoms with Crippen LogP contribution < -0.4 is 5.73 Å². The van der Waals surface area contributed by atoms with Crippen molar-refractivity contribution >= 4 is 11.8 Å². The molecule has 0 amide bonds. The Bertz CT molecular complexity index is 339. The molecule has 0 aliphatic carbocycles. The molecular formula is C15H25NOS. The highest BCUT2D eigenvalue weighted by Crippen LogP contribution is 2.28. The number of rotatable bonds is 7. The highest BCUT2D eigenvalue weighted by molar-refractivity contribution is 8.00. The van der Waals surface area contributed by atoms with Crippen molar-refractivity contribution in [3.63, 3.8) is 0 Å². The Morgan fingerprint density at radius 2 is 1.83 bits per heavy atom. The highest BCUT2D eigenvalue weighted by Gasteiger charge is 2.17. The molecule has 0 saturated carbocycles. The normalized spacial score (nSPS) is 16.3. The van der Waals surface area contributed by atoms with E-state index >= 15 is 0 Å². The molecule has 0 aliphatic rings. The molecule has 0 aliphatic heterocycles. The van der Waals surface area contributed by atoms with Crippen molar-refractivity contribution in [1.82, 2.24) is 0 Å². The van der Waals surface area contributed by atoms with E-state index in [0.717, 1.165) is 12.8 Å². The smallest absolute Gasteiger partial charge is 0.0441 e. The predicted octanol–water partition coefficient (Wildman–Crippen LogP) is 3.14. The van der Waals surface area contributed by atoms with E-state index in [0.29, 0.717) is 10.5 Å². The molecule has 0 aromatic heterocycles. The molecule has 0 bridgehead atoms. The van der Waals surface area contributed by atoms with Gasteiger partial charge < -0.3 is 10.8 Å². The molecule has 0 fully saturated rings. The van der Waals surface area contributed by atoms with Crippen LogP contribution in [0.4, 0.5) is 0 Å². The SMILES string of the molecule is CCc1ccc(C(N)C(C)SC(C)CCO)cc1. The number of aryl methyl sites for hydroxylation is 1. The number of hydrogen-bond donors (Lipinski definition) is 2. The van der Waals surface area contributed by atoms with Crippen LogP contribution in [0, 0.1) is 0 Å². The van der Waals surface area contributed by atoms with Gasteiger partial charge >= 0.3 is 0 Å². The number of aliphatic hydroxyl groups excluding tert-OH is 1. The van der Waals surface area contributed by atoms with Gasteiger partial charge in [0.1, 0.15) is 0 Å². The summed E-state index contributed by atoms with van der Waals surface area (Å²) in [6, 6.07) is 8.64. The van der Waals surface area contributed by atoms with Gasteiger partial charge in [0.05, 0.1) is 0 Å². The number of nitrogens with two attached hydrogens (primary N) is 1. The van der Waals surface area contributed by atoms with Gasteiger partial charge in [-0.05, 0) is 24.0 Å². The third-order valence-electron chi connectivity index (χ3n) is 3.26. The third-order valence-corrected chi connectivity index (χ3v) is 4.68. The molecule has 0 saturated heterocycles. The van der Waals surface area contributed by atoms with E-state index in [1.807, 2.05) is 11.8 Å². The minimum Gasteiger partial charge on any atom is -0.396 e. The Morgan fingerprint density at radius 3 is 2.33 bits per heavy atom. The van der Waals surface area contributed by atoms with E-state index in [2.05, 4.69) is 45.0 Å². The van der Waals surface area contributed by atoms with Crippen molar-refractivity contribution in [3.8, 4) is 0 Å². The molecular weight excluding hydrogens is 242 g/mol. The number of benzene rings is 1. The molecule has 3 heteroatoms. The maximum Gasteiger partial charge on any atom is 0.0441 e. The number of hydrogen-bond acceptors (Lipinski definition) is 3. The Hall–Kier alpha value is -0.510. The van der Waals surface area contributed by atoms with Crippen molar-refractivity contribution in [2.75, 3.05) is 6.61 Å². The summed E-state index contributed by atoms with van der Waals surface area (Å²) in [5.41, 5.74) is 8.84. The van der Waals surface area contributed by atoms with Crippen LogP contribution in [0.2, 0.25) is 0 Å². The minimum atomic E-state index is 0.0575. The van der Waals surface area contributed by atoms with E-state index in [9.17, 15) is 0 Å². The Labute approximate surface area is 115 Å². The molecule has 3 N–H and O–H groups in total. The zero-order valence-corrected chi connectivity index (χ0v) is 12.4. The van der Waals surface area contributed by atoms with E-state index in [-0.39, 0.29) is 12.6 Å². The van der Waals surface area contributed by atoms with E-state index in [1.165, 1.54) is 11.1 Å². The van der Waals surface area contributed by atoms with Gasteiger partial charge in [0.15, 0.2) is 0 Å². The topological polar surface area (TPSA) is 46.2 Å². The average molecular weight is 267 g/mol. The maximum absolute atomic E-state index is 8.92. The summed E-state index contributed by atoms with van der Waals surface area (Å²) in [5, 5.41) is 9.73. The monoisotopic (exact) mass is 267 g/mol. The van der Waals surface area contributed by atoms with Crippen LogP contribution in [0.25, 0.3) is 0 Å². The number of thioether (sulfide) groups is 1. The van der Waals surface area contributed by atoms with E-state index in [4.69, 9.17) is 10.8 Å². The molecule has 18 heavy (non-hydrogen) atoms. The standard InChI is InChI=1S/C15H25NOS/c1-4-13-5-7-14(8-6-13)15(16)12(3)18-11(2)9-10-17/h5-8,11-12,15,17H,4,9-10,16H2,1-3H3. The summed E-state index contributed by atoms with van der Waals surface area (Å²) >= 11 is 1.85. The lowest BCUT2D eigenvalue weighted by molar-refractivity contribution is 0.288. The van der Waals surface area contributed by atoms with Crippen LogP contribution in [0.1, 0.15) is 44.4 Å². The third kappa shape index (κ3) is 4.63. The first-order valence-corrected chi connectivity index (χ1v) is 7.63. The van der Waals surface area contributed by atoms with Crippen LogP contribution in [0.3, 0.4) is 0 Å². The highest BCUT2D eigenvalue weighted by atomic mass is 32.2. The molecule has 3 atom stereocenters. The molecule has 0 spiro atoms. The van der Waals surface area contributed by atoms with Crippen molar-refractivity contribution in [3.05, 3.63) is 35.4 Å². The van der Waals surface area contributed by atoms with Crippen LogP contribution in [-0.4, -0.2) is 22.2 Å². The fraction of sp³-hybridized carbons (Fsp3) is 0.600. The average Bonchev–Trinajstić information content (AvgIpc) is 2.38. The molecule has 1 aromatic rings. The van der Waals surface area contributed by atoms with Crippen LogP contribution in [-0.2, 0) is 6.42 Å². The second-order valence-electron chi connectivity index (χ2n) is 4.79. The summed E-state index contributed by atoms with van der Waals surface area (Å²) in [6.07, 6.45) is 1.89. The minimum absolute atomic E-state index is 0.0575. The lowest BCUT2D eigenvalue weighted by Gasteiger charge is -2.23. The predicted molar refractivity (Wildman–Crippen MR) is 81.0 cm³/mol. The van der Waals surface area contributed by atoms with Gasteiger partial charge in [-0.25, -0.2) is 0 Å². The van der Waals surface area contributed by atoms with Gasteiger partial charge in [-0.15, -0.1) is 0 Å². The van der Waals surface area contributed by atoms with Crippen molar-refractivity contribution < 1.29 is 5.11 Å². The Morgan fingerprint density at radius 1 is 1.22 bits per heavy atom. The zero-order chi connectivity index (χ0) is 13.5. The largest absolute Gasteiger partial charge is 0.396 e. The van der Waals surface area contributed by atoms with Gasteiger partial charge in [0.2, 0.25) is 0 Å². The van der Waals surface area contributed by atoms with E-state index in [1.54, 1.807) is 0 Å². The molecule has 1 rings (SSSR count). The van der Waals surface area contributed by atoms with Crippen LogP contribution in [0.15, 0.2) is 24.3 Å². The second kappa shape index (κ2) is 7.82. The molecule has 0 heterocycles. The molecule has 2 nitrogen and oxygen atoms in total. The summed E-state index contributed by atoms with van der Waals surface area (Å²) < 4.78 is 0. The number of aliphatic hydroxyl groups is 1. The van der Waals surface area contributed by atoms with E-state index < -0.39 is 0 Å². The van der Waals surface area contributed by atoms with Gasteiger partial charge in [-0.3, -0.25) is 0 Å². The van der Waals surface area contributed by atoms with Gasteiger partial charge in [-0.1, -0.05) is 45.0 Å². The first kappa shape index (κ1) is 15.5. The fourth-order valence-corrected chi connectivity index (χ4v) is 3.25. The Kier molecular flexibility index (Phi) is 6.76. The van der Waals surface area contributed by atoms with Crippen molar-refractivity contribution in [1.29, 1.82) is 0 Å².